The average molecular weight is 361 g/mol. The Balaban J connectivity index is 2.65. The van der Waals surface area contributed by atoms with Gasteiger partial charge in [-0.2, -0.15) is 0 Å². The molecule has 1 nitrogen and oxygen atoms in total. The maximum atomic E-state index is 9.45. The van der Waals surface area contributed by atoms with E-state index in [-0.39, 0.29) is 0 Å². The minimum atomic E-state index is -1.91. The van der Waals surface area contributed by atoms with Crippen LogP contribution in [-0.4, -0.2) is 30.1 Å². The molecule has 0 unspecified atom stereocenters. The van der Waals surface area contributed by atoms with Crippen LogP contribution in [-0.2, 0) is 0 Å². The molecule has 0 aromatic rings. The first-order chi connectivity index (χ1) is 8.74. The van der Waals surface area contributed by atoms with E-state index < -0.39 is 18.4 Å². The van der Waals surface area contributed by atoms with Crippen molar-refractivity contribution in [3.63, 3.8) is 0 Å². The van der Waals surface area contributed by atoms with Gasteiger partial charge in [0.05, 0.1) is 0 Å². The van der Waals surface area contributed by atoms with Crippen LogP contribution in [0.4, 0.5) is 0 Å². The molecule has 0 spiro atoms. The van der Waals surface area contributed by atoms with Gasteiger partial charge >= 0.3 is 119 Å². The third kappa shape index (κ3) is 4.70. The normalized spacial score (nSPS) is 23.3. The summed E-state index contributed by atoms with van der Waals surface area (Å²) < 4.78 is 5.90. The number of unbranched alkanes of at least 4 members (excludes halogenated alkanes) is 3. The SMILES string of the molecule is CCC[CH2][Sn]([CH2]CCC)([CH2]CCC)[C@H]1C[C@@H]1CO. The Morgan fingerprint density at radius 1 is 0.889 bits per heavy atom. The van der Waals surface area contributed by atoms with Crippen molar-refractivity contribution in [2.75, 3.05) is 6.61 Å². The molecule has 1 fully saturated rings. The van der Waals surface area contributed by atoms with Crippen molar-refractivity contribution in [1.29, 1.82) is 0 Å². The molecule has 0 radical (unpaired) electrons. The Hall–Kier alpha value is 0.759. The van der Waals surface area contributed by atoms with E-state index in [0.717, 1.165) is 9.85 Å². The van der Waals surface area contributed by atoms with Crippen molar-refractivity contribution < 1.29 is 5.11 Å². The molecular formula is C16H34OSn. The summed E-state index contributed by atoms with van der Waals surface area (Å²) in [6, 6.07) is 0. The molecule has 0 bridgehead atoms. The summed E-state index contributed by atoms with van der Waals surface area (Å²) in [5, 5.41) is 9.45. The van der Waals surface area contributed by atoms with Crippen LogP contribution in [0.15, 0.2) is 0 Å². The second-order valence-electron chi connectivity index (χ2n) is 6.46. The van der Waals surface area contributed by atoms with E-state index in [4.69, 9.17) is 0 Å². The fourth-order valence-electron chi connectivity index (χ4n) is 3.72. The second-order valence-corrected chi connectivity index (χ2v) is 20.6. The van der Waals surface area contributed by atoms with Gasteiger partial charge in [0.2, 0.25) is 0 Å². The number of aliphatic hydroxyl groups is 1. The fourth-order valence-corrected chi connectivity index (χ4v) is 23.5. The van der Waals surface area contributed by atoms with Gasteiger partial charge in [-0.3, -0.25) is 0 Å². The van der Waals surface area contributed by atoms with Crippen LogP contribution in [0.5, 0.6) is 0 Å². The molecule has 18 heavy (non-hydrogen) atoms. The zero-order chi connectivity index (χ0) is 13.4. The van der Waals surface area contributed by atoms with Crippen molar-refractivity contribution in [2.24, 2.45) is 5.92 Å². The van der Waals surface area contributed by atoms with Crippen LogP contribution >= 0.6 is 0 Å². The summed E-state index contributed by atoms with van der Waals surface area (Å²) >= 11 is -1.91. The van der Waals surface area contributed by atoms with E-state index in [9.17, 15) is 5.11 Å². The minimum absolute atomic E-state index is 0.480. The van der Waals surface area contributed by atoms with E-state index >= 15 is 0 Å². The summed E-state index contributed by atoms with van der Waals surface area (Å²) in [6.45, 7) is 7.50. The van der Waals surface area contributed by atoms with Gasteiger partial charge in [0.25, 0.3) is 0 Å². The van der Waals surface area contributed by atoms with Crippen molar-refractivity contribution in [3.8, 4) is 0 Å². The molecule has 2 heteroatoms. The summed E-state index contributed by atoms with van der Waals surface area (Å²) in [4.78, 5) is 0. The molecule has 0 aromatic carbocycles. The molecule has 108 valence electrons. The number of aliphatic hydroxyl groups excluding tert-OH is 1. The van der Waals surface area contributed by atoms with Gasteiger partial charge in [0.1, 0.15) is 0 Å². The predicted octanol–water partition coefficient (Wildman–Crippen LogP) is 5.22. The van der Waals surface area contributed by atoms with Gasteiger partial charge < -0.3 is 0 Å². The van der Waals surface area contributed by atoms with E-state index in [0.29, 0.717) is 6.61 Å². The topological polar surface area (TPSA) is 20.2 Å². The Labute approximate surface area is 119 Å². The molecule has 0 heterocycles. The monoisotopic (exact) mass is 362 g/mol. The molecule has 1 N–H and O–H groups in total. The summed E-state index contributed by atoms with van der Waals surface area (Å²) in [6.07, 6.45) is 9.91. The van der Waals surface area contributed by atoms with Gasteiger partial charge in [0, 0.05) is 0 Å². The van der Waals surface area contributed by atoms with E-state index in [1.807, 2.05) is 0 Å². The number of hydrogen-bond acceptors (Lipinski definition) is 1. The van der Waals surface area contributed by atoms with E-state index in [2.05, 4.69) is 20.8 Å². The van der Waals surface area contributed by atoms with Crippen LogP contribution in [0.1, 0.15) is 65.7 Å². The van der Waals surface area contributed by atoms with Crippen molar-refractivity contribution in [2.45, 2.75) is 83.0 Å². The van der Waals surface area contributed by atoms with Crippen LogP contribution in [0.3, 0.4) is 0 Å². The molecule has 0 saturated heterocycles. The first-order valence-electron chi connectivity index (χ1n) is 8.34. The van der Waals surface area contributed by atoms with Crippen molar-refractivity contribution >= 4 is 18.4 Å². The Kier molecular flexibility index (Phi) is 8.25. The summed E-state index contributed by atoms with van der Waals surface area (Å²) in [7, 11) is 0. The number of rotatable bonds is 11. The Morgan fingerprint density at radius 3 is 1.61 bits per heavy atom. The molecule has 1 aliphatic carbocycles. The van der Waals surface area contributed by atoms with Gasteiger partial charge in [0.15, 0.2) is 0 Å². The van der Waals surface area contributed by atoms with Gasteiger partial charge in [-0.05, 0) is 0 Å². The first-order valence-corrected chi connectivity index (χ1v) is 16.0. The molecule has 0 aromatic heterocycles. The first kappa shape index (κ1) is 16.8. The third-order valence-corrected chi connectivity index (χ3v) is 23.1. The summed E-state index contributed by atoms with van der Waals surface area (Å²) in [5.41, 5.74) is 0. The van der Waals surface area contributed by atoms with Crippen molar-refractivity contribution in [1.82, 2.24) is 0 Å². The van der Waals surface area contributed by atoms with Crippen molar-refractivity contribution in [3.05, 3.63) is 0 Å². The maximum absolute atomic E-state index is 9.45. The Bertz CT molecular complexity index is 195. The standard InChI is InChI=1S/C4H7O.3C4H9.Sn/c5-3-4-1-2-4;3*1-3-4-2;/h1,4-5H,2-3H2;3*1,3-4H2,2H3;/t4-;;;;/m1..../s1. The molecule has 1 rings (SSSR count). The Morgan fingerprint density at radius 2 is 1.33 bits per heavy atom. The fraction of sp³-hybridized carbons (Fsp3) is 1.00. The van der Waals surface area contributed by atoms with E-state index in [1.165, 1.54) is 44.9 Å². The van der Waals surface area contributed by atoms with Crippen LogP contribution in [0.25, 0.3) is 0 Å². The molecule has 2 atom stereocenters. The van der Waals surface area contributed by atoms with Gasteiger partial charge in [-0.25, -0.2) is 0 Å². The number of hydrogen-bond donors (Lipinski definition) is 1. The average Bonchev–Trinajstić information content (AvgIpc) is 3.18. The second kappa shape index (κ2) is 8.84. The molecule has 0 aliphatic heterocycles. The van der Waals surface area contributed by atoms with Crippen LogP contribution < -0.4 is 0 Å². The van der Waals surface area contributed by atoms with Crippen LogP contribution in [0.2, 0.25) is 17.2 Å². The third-order valence-electron chi connectivity index (χ3n) is 5.03. The van der Waals surface area contributed by atoms with Gasteiger partial charge in [-0.1, -0.05) is 0 Å². The molecule has 1 saturated carbocycles. The van der Waals surface area contributed by atoms with E-state index in [1.54, 1.807) is 13.3 Å². The summed E-state index contributed by atoms with van der Waals surface area (Å²) in [5.74, 6) is 0.728. The zero-order valence-corrected chi connectivity index (χ0v) is 15.7. The molecular weight excluding hydrogens is 327 g/mol. The molecule has 0 amide bonds. The van der Waals surface area contributed by atoms with Gasteiger partial charge in [-0.15, -0.1) is 0 Å². The zero-order valence-electron chi connectivity index (χ0n) is 12.9. The molecule has 1 aliphatic rings. The van der Waals surface area contributed by atoms with Crippen LogP contribution in [0, 0.1) is 5.92 Å². The quantitative estimate of drug-likeness (QED) is 0.501. The predicted molar refractivity (Wildman–Crippen MR) is 83.8 cm³/mol.